The SMILES string of the molecule is CC(=O)N1C2CCC(C3CCC(N4CCCS4(=O)=O)CC3)CC2N(C(=O)C2CCCO2)C[C@@H]1C. The third kappa shape index (κ3) is 4.52. The lowest BCUT2D eigenvalue weighted by Gasteiger charge is -2.55. The lowest BCUT2D eigenvalue weighted by Crippen LogP contribution is -2.68. The molecule has 3 saturated heterocycles. The van der Waals surface area contributed by atoms with Crippen LogP contribution in [-0.4, -0.2) is 90.1 Å². The first-order valence-electron chi connectivity index (χ1n) is 13.5. The molecular weight excluding hydrogens is 454 g/mol. The van der Waals surface area contributed by atoms with Crippen LogP contribution < -0.4 is 0 Å². The van der Waals surface area contributed by atoms with Crippen molar-refractivity contribution in [2.45, 2.75) is 108 Å². The lowest BCUT2D eigenvalue weighted by molar-refractivity contribution is -0.160. The minimum atomic E-state index is -3.05. The van der Waals surface area contributed by atoms with Gasteiger partial charge in [0.25, 0.3) is 5.91 Å². The molecule has 3 aliphatic heterocycles. The maximum absolute atomic E-state index is 13.4. The summed E-state index contributed by atoms with van der Waals surface area (Å²) in [7, 11) is -3.05. The van der Waals surface area contributed by atoms with Gasteiger partial charge in [0.2, 0.25) is 15.9 Å². The third-order valence-corrected chi connectivity index (χ3v) is 11.3. The Labute approximate surface area is 204 Å². The van der Waals surface area contributed by atoms with E-state index in [1.165, 1.54) is 0 Å². The fourth-order valence-electron chi connectivity index (χ4n) is 7.77. The number of hydrogen-bond acceptors (Lipinski definition) is 5. The van der Waals surface area contributed by atoms with Crippen LogP contribution in [0.25, 0.3) is 0 Å². The number of carbonyl (C=O) groups is 2. The zero-order valence-corrected chi connectivity index (χ0v) is 21.5. The molecule has 0 aromatic heterocycles. The predicted octanol–water partition coefficient (Wildman–Crippen LogP) is 2.38. The van der Waals surface area contributed by atoms with Gasteiger partial charge in [-0.05, 0) is 83.0 Å². The number of sulfonamides is 1. The quantitative estimate of drug-likeness (QED) is 0.600. The van der Waals surface area contributed by atoms with Crippen LogP contribution in [-0.2, 0) is 24.3 Å². The molecule has 5 fully saturated rings. The fourth-order valence-corrected chi connectivity index (χ4v) is 9.57. The molecule has 3 heterocycles. The number of piperazine rings is 1. The monoisotopic (exact) mass is 495 g/mol. The molecule has 34 heavy (non-hydrogen) atoms. The highest BCUT2D eigenvalue weighted by Gasteiger charge is 2.49. The summed E-state index contributed by atoms with van der Waals surface area (Å²) < 4.78 is 32.3. The highest BCUT2D eigenvalue weighted by atomic mass is 32.2. The molecule has 192 valence electrons. The molecule has 0 aromatic rings. The molecule has 2 saturated carbocycles. The largest absolute Gasteiger partial charge is 0.368 e. The highest BCUT2D eigenvalue weighted by Crippen LogP contribution is 2.44. The molecule has 4 unspecified atom stereocenters. The molecule has 2 aliphatic carbocycles. The minimum absolute atomic E-state index is 0.0264. The molecular formula is C25H41N3O5S. The summed E-state index contributed by atoms with van der Waals surface area (Å²) in [5.74, 6) is 1.63. The van der Waals surface area contributed by atoms with Crippen LogP contribution in [0.1, 0.15) is 78.1 Å². The van der Waals surface area contributed by atoms with E-state index in [0.29, 0.717) is 37.3 Å². The Kier molecular flexibility index (Phi) is 6.99. The Balaban J connectivity index is 1.28. The zero-order valence-electron chi connectivity index (χ0n) is 20.7. The molecule has 5 aliphatic rings. The van der Waals surface area contributed by atoms with Gasteiger partial charge in [-0.2, -0.15) is 4.31 Å². The Morgan fingerprint density at radius 1 is 0.912 bits per heavy atom. The summed E-state index contributed by atoms with van der Waals surface area (Å²) in [6.45, 7) is 5.65. The van der Waals surface area contributed by atoms with Crippen LogP contribution in [0, 0.1) is 11.8 Å². The summed E-state index contributed by atoms with van der Waals surface area (Å²) in [4.78, 5) is 30.1. The van der Waals surface area contributed by atoms with Crippen LogP contribution in [0.5, 0.6) is 0 Å². The molecule has 2 amide bonds. The van der Waals surface area contributed by atoms with Crippen LogP contribution in [0.2, 0.25) is 0 Å². The third-order valence-electron chi connectivity index (χ3n) is 9.32. The minimum Gasteiger partial charge on any atom is -0.368 e. The van der Waals surface area contributed by atoms with E-state index in [1.807, 2.05) is 4.90 Å². The maximum Gasteiger partial charge on any atom is 0.252 e. The van der Waals surface area contributed by atoms with Gasteiger partial charge in [-0.25, -0.2) is 8.42 Å². The number of hydrogen-bond donors (Lipinski definition) is 0. The number of carbonyl (C=O) groups excluding carboxylic acids is 2. The first-order valence-corrected chi connectivity index (χ1v) is 15.1. The smallest absolute Gasteiger partial charge is 0.252 e. The molecule has 8 nitrogen and oxygen atoms in total. The van der Waals surface area contributed by atoms with Crippen molar-refractivity contribution in [1.29, 1.82) is 0 Å². The number of ether oxygens (including phenoxy) is 1. The summed E-state index contributed by atoms with van der Waals surface area (Å²) in [6, 6.07) is 0.348. The lowest BCUT2D eigenvalue weighted by atomic mass is 9.68. The highest BCUT2D eigenvalue weighted by molar-refractivity contribution is 7.89. The fraction of sp³-hybridized carbons (Fsp3) is 0.920. The number of fused-ring (bicyclic) bond motifs is 1. The van der Waals surface area contributed by atoms with Crippen LogP contribution in [0.3, 0.4) is 0 Å². The van der Waals surface area contributed by atoms with Crippen LogP contribution in [0.15, 0.2) is 0 Å². The molecule has 0 radical (unpaired) electrons. The van der Waals surface area contributed by atoms with Crippen molar-refractivity contribution in [2.24, 2.45) is 11.8 Å². The molecule has 5 rings (SSSR count). The molecule has 0 spiro atoms. The first-order chi connectivity index (χ1) is 16.3. The van der Waals surface area contributed by atoms with Gasteiger partial charge in [0.05, 0.1) is 17.8 Å². The van der Waals surface area contributed by atoms with E-state index in [2.05, 4.69) is 11.8 Å². The van der Waals surface area contributed by atoms with Crippen molar-refractivity contribution in [3.8, 4) is 0 Å². The van der Waals surface area contributed by atoms with E-state index >= 15 is 0 Å². The normalized spacial score (nSPS) is 40.8. The Hall–Kier alpha value is -1.19. The second-order valence-corrected chi connectivity index (χ2v) is 13.4. The van der Waals surface area contributed by atoms with E-state index < -0.39 is 10.0 Å². The van der Waals surface area contributed by atoms with E-state index in [9.17, 15) is 18.0 Å². The van der Waals surface area contributed by atoms with Crippen molar-refractivity contribution in [1.82, 2.24) is 14.1 Å². The summed E-state index contributed by atoms with van der Waals surface area (Å²) >= 11 is 0. The van der Waals surface area contributed by atoms with Crippen molar-refractivity contribution in [2.75, 3.05) is 25.4 Å². The van der Waals surface area contributed by atoms with E-state index in [0.717, 1.165) is 64.2 Å². The van der Waals surface area contributed by atoms with E-state index in [4.69, 9.17) is 4.74 Å². The second kappa shape index (κ2) is 9.69. The van der Waals surface area contributed by atoms with Gasteiger partial charge in [0, 0.05) is 38.7 Å². The number of rotatable bonds is 3. The second-order valence-electron chi connectivity index (χ2n) is 11.3. The van der Waals surface area contributed by atoms with Gasteiger partial charge in [-0.1, -0.05) is 0 Å². The Bertz CT molecular complexity index is 881. The first kappa shape index (κ1) is 24.5. The van der Waals surface area contributed by atoms with Gasteiger partial charge in [-0.3, -0.25) is 9.59 Å². The van der Waals surface area contributed by atoms with Crippen molar-refractivity contribution >= 4 is 21.8 Å². The van der Waals surface area contributed by atoms with Gasteiger partial charge in [-0.15, -0.1) is 0 Å². The van der Waals surface area contributed by atoms with Gasteiger partial charge < -0.3 is 14.5 Å². The van der Waals surface area contributed by atoms with E-state index in [-0.39, 0.29) is 42.1 Å². The predicted molar refractivity (Wildman–Crippen MR) is 128 cm³/mol. The average molecular weight is 496 g/mol. The van der Waals surface area contributed by atoms with Gasteiger partial charge in [0.15, 0.2) is 0 Å². The Morgan fingerprint density at radius 3 is 2.26 bits per heavy atom. The number of nitrogens with zero attached hydrogens (tertiary/aromatic N) is 3. The zero-order chi connectivity index (χ0) is 24.0. The molecule has 0 bridgehead atoms. The van der Waals surface area contributed by atoms with Crippen molar-refractivity contribution in [3.05, 3.63) is 0 Å². The molecule has 0 aromatic carbocycles. The van der Waals surface area contributed by atoms with E-state index in [1.54, 1.807) is 11.2 Å². The Morgan fingerprint density at radius 2 is 1.65 bits per heavy atom. The average Bonchev–Trinajstić information content (AvgIpc) is 3.47. The summed E-state index contributed by atoms with van der Waals surface area (Å²) in [5.41, 5.74) is 0. The van der Waals surface area contributed by atoms with Crippen LogP contribution >= 0.6 is 0 Å². The summed E-state index contributed by atoms with van der Waals surface area (Å²) in [5, 5.41) is 0. The molecule has 9 heteroatoms. The molecule has 0 N–H and O–H groups in total. The topological polar surface area (TPSA) is 87.2 Å². The van der Waals surface area contributed by atoms with Crippen molar-refractivity contribution in [3.63, 3.8) is 0 Å². The number of amides is 2. The molecule has 5 atom stereocenters. The van der Waals surface area contributed by atoms with Gasteiger partial charge >= 0.3 is 0 Å². The van der Waals surface area contributed by atoms with Crippen LogP contribution in [0.4, 0.5) is 0 Å². The standard InChI is InChI=1S/C25H41N3O5S/c1-17-16-26(25(30)24-5-3-13-33-24)23-15-20(8-11-22(23)28(17)18(2)29)19-6-9-21(10-7-19)27-12-4-14-34(27,31)32/h17,19-24H,3-16H2,1-2H3/t17-,19?,20?,21?,22?,23?,24?/m0/s1. The maximum atomic E-state index is 13.4. The van der Waals surface area contributed by atoms with Gasteiger partial charge in [0.1, 0.15) is 6.10 Å². The summed E-state index contributed by atoms with van der Waals surface area (Å²) in [6.07, 6.45) is 9.14. The van der Waals surface area contributed by atoms with Crippen molar-refractivity contribution < 1.29 is 22.7 Å².